The van der Waals surface area contributed by atoms with Crippen LogP contribution in [0, 0.1) is 0 Å². The van der Waals surface area contributed by atoms with Gasteiger partial charge in [0.15, 0.2) is 0 Å². The Morgan fingerprint density at radius 2 is 1.56 bits per heavy atom. The number of hydrogen-bond donors (Lipinski definition) is 1. The number of likely N-dealkylation sites (N-methyl/N-ethyl adjacent to an activating group) is 1. The second-order valence-electron chi connectivity index (χ2n) is 2.61. The number of ketones is 1. The van der Waals surface area contributed by atoms with Gasteiger partial charge in [-0.3, -0.25) is 4.79 Å². The van der Waals surface area contributed by atoms with E-state index in [-0.39, 0.29) is 18.9 Å². The van der Waals surface area contributed by atoms with Crippen molar-refractivity contribution in [2.75, 3.05) is 20.3 Å². The zero-order chi connectivity index (χ0) is 12.6. The number of esters is 2. The van der Waals surface area contributed by atoms with Crippen molar-refractivity contribution in [3.05, 3.63) is 11.8 Å². The number of ether oxygens (including phenoxy) is 2. The molecule has 0 unspecified atom stereocenters. The third-order valence-electron chi connectivity index (χ3n) is 1.52. The van der Waals surface area contributed by atoms with Gasteiger partial charge in [-0.05, 0) is 13.8 Å². The molecule has 0 aromatic heterocycles. The van der Waals surface area contributed by atoms with Gasteiger partial charge in [-0.25, -0.2) is 9.59 Å². The molecule has 0 spiro atoms. The molecule has 0 bridgehead atoms. The third-order valence-corrected chi connectivity index (χ3v) is 1.52. The highest BCUT2D eigenvalue weighted by atomic mass is 16.5. The van der Waals surface area contributed by atoms with Crippen LogP contribution in [-0.2, 0) is 23.9 Å². The standard InChI is InChI=1S/C10H15NO5/c1-4-15-9(13)7(11-3)6-8(12)10(14)16-5-2/h6,11H,4-5H2,1-3H3/b7-6-. The molecule has 0 saturated heterocycles. The highest BCUT2D eigenvalue weighted by Crippen LogP contribution is 1.95. The molecule has 0 aliphatic rings. The minimum atomic E-state index is -1.00. The largest absolute Gasteiger partial charge is 0.461 e. The Kier molecular flexibility index (Phi) is 6.58. The Hall–Kier alpha value is -1.85. The topological polar surface area (TPSA) is 81.7 Å². The van der Waals surface area contributed by atoms with Crippen molar-refractivity contribution in [2.24, 2.45) is 0 Å². The quantitative estimate of drug-likeness (QED) is 0.385. The molecule has 0 saturated carbocycles. The molecule has 6 heteroatoms. The van der Waals surface area contributed by atoms with Crippen LogP contribution in [0.25, 0.3) is 0 Å². The Bertz CT molecular complexity index is 308. The second-order valence-corrected chi connectivity index (χ2v) is 2.61. The summed E-state index contributed by atoms with van der Waals surface area (Å²) in [5.74, 6) is -2.60. The molecule has 90 valence electrons. The highest BCUT2D eigenvalue weighted by molar-refractivity contribution is 6.39. The van der Waals surface area contributed by atoms with Crippen LogP contribution >= 0.6 is 0 Å². The summed E-state index contributed by atoms with van der Waals surface area (Å²) in [7, 11) is 1.45. The summed E-state index contributed by atoms with van der Waals surface area (Å²) in [5, 5.41) is 2.47. The van der Waals surface area contributed by atoms with Gasteiger partial charge in [-0.2, -0.15) is 0 Å². The lowest BCUT2D eigenvalue weighted by atomic mass is 10.3. The van der Waals surface area contributed by atoms with Crippen molar-refractivity contribution in [2.45, 2.75) is 13.8 Å². The van der Waals surface area contributed by atoms with Gasteiger partial charge in [0.1, 0.15) is 5.70 Å². The third kappa shape index (κ3) is 4.59. The molecule has 6 nitrogen and oxygen atoms in total. The smallest absolute Gasteiger partial charge is 0.379 e. The number of rotatable bonds is 6. The van der Waals surface area contributed by atoms with Crippen LogP contribution in [0.4, 0.5) is 0 Å². The molecule has 0 fully saturated rings. The summed E-state index contributed by atoms with van der Waals surface area (Å²) in [5.41, 5.74) is -0.0834. The van der Waals surface area contributed by atoms with Gasteiger partial charge in [0.25, 0.3) is 5.78 Å². The molecule has 16 heavy (non-hydrogen) atoms. The van der Waals surface area contributed by atoms with Crippen molar-refractivity contribution in [1.29, 1.82) is 0 Å². The van der Waals surface area contributed by atoms with Gasteiger partial charge < -0.3 is 14.8 Å². The van der Waals surface area contributed by atoms with Gasteiger partial charge in [0.2, 0.25) is 0 Å². The Morgan fingerprint density at radius 3 is 2.00 bits per heavy atom. The summed E-state index contributed by atoms with van der Waals surface area (Å²) in [4.78, 5) is 33.4. The second kappa shape index (κ2) is 7.44. The average Bonchev–Trinajstić information content (AvgIpc) is 2.26. The summed E-state index contributed by atoms with van der Waals surface area (Å²) < 4.78 is 9.14. The van der Waals surface area contributed by atoms with E-state index < -0.39 is 17.7 Å². The van der Waals surface area contributed by atoms with Crippen LogP contribution in [0.15, 0.2) is 11.8 Å². The van der Waals surface area contributed by atoms with Crippen molar-refractivity contribution in [1.82, 2.24) is 5.32 Å². The Labute approximate surface area is 93.6 Å². The lowest BCUT2D eigenvalue weighted by Gasteiger charge is -2.05. The van der Waals surface area contributed by atoms with Crippen molar-refractivity contribution < 1.29 is 23.9 Å². The minimum Gasteiger partial charge on any atom is -0.461 e. The van der Waals surface area contributed by atoms with Gasteiger partial charge in [0.05, 0.1) is 13.2 Å². The summed E-state index contributed by atoms with van der Waals surface area (Å²) in [6.45, 7) is 3.51. The van der Waals surface area contributed by atoms with Crippen LogP contribution in [0.5, 0.6) is 0 Å². The fourth-order valence-electron chi connectivity index (χ4n) is 0.834. The fourth-order valence-corrected chi connectivity index (χ4v) is 0.834. The number of nitrogens with one attached hydrogen (secondary N) is 1. The Morgan fingerprint density at radius 1 is 1.06 bits per heavy atom. The first-order chi connectivity index (χ1) is 7.56. The van der Waals surface area contributed by atoms with Crippen molar-refractivity contribution in [3.63, 3.8) is 0 Å². The molecule has 0 amide bonds. The number of carbonyl (C=O) groups is 3. The first-order valence-electron chi connectivity index (χ1n) is 4.84. The fraction of sp³-hybridized carbons (Fsp3) is 0.500. The van der Waals surface area contributed by atoms with E-state index in [1.54, 1.807) is 13.8 Å². The van der Waals surface area contributed by atoms with E-state index in [0.717, 1.165) is 6.08 Å². The zero-order valence-corrected chi connectivity index (χ0v) is 9.53. The lowest BCUT2D eigenvalue weighted by molar-refractivity contribution is -0.151. The molecule has 0 atom stereocenters. The lowest BCUT2D eigenvalue weighted by Crippen LogP contribution is -2.23. The zero-order valence-electron chi connectivity index (χ0n) is 9.53. The normalized spacial score (nSPS) is 10.6. The maximum absolute atomic E-state index is 11.2. The molecule has 0 heterocycles. The van der Waals surface area contributed by atoms with E-state index >= 15 is 0 Å². The molecular weight excluding hydrogens is 214 g/mol. The van der Waals surface area contributed by atoms with Crippen LogP contribution in [0.3, 0.4) is 0 Å². The van der Waals surface area contributed by atoms with Crippen molar-refractivity contribution in [3.8, 4) is 0 Å². The van der Waals surface area contributed by atoms with Crippen LogP contribution in [0.1, 0.15) is 13.8 Å². The summed E-state index contributed by atoms with van der Waals surface area (Å²) >= 11 is 0. The van der Waals surface area contributed by atoms with Crippen LogP contribution in [0.2, 0.25) is 0 Å². The van der Waals surface area contributed by atoms with Gasteiger partial charge in [0, 0.05) is 13.1 Å². The molecule has 1 N–H and O–H groups in total. The molecule has 0 radical (unpaired) electrons. The van der Waals surface area contributed by atoms with Crippen molar-refractivity contribution >= 4 is 17.7 Å². The molecule has 0 rings (SSSR count). The first kappa shape index (κ1) is 14.2. The molecule has 0 aliphatic carbocycles. The van der Waals surface area contributed by atoms with E-state index in [4.69, 9.17) is 0 Å². The summed E-state index contributed by atoms with van der Waals surface area (Å²) in [6.07, 6.45) is 0.857. The van der Waals surface area contributed by atoms with Crippen LogP contribution < -0.4 is 5.32 Å². The van der Waals surface area contributed by atoms with E-state index in [1.165, 1.54) is 7.05 Å². The monoisotopic (exact) mass is 229 g/mol. The SMILES string of the molecule is CCOC(=O)C(=O)/C=C(\NC)C(=O)OCC. The number of carbonyl (C=O) groups excluding carboxylic acids is 3. The van der Waals surface area contributed by atoms with Gasteiger partial charge in [-0.15, -0.1) is 0 Å². The molecule has 0 aromatic carbocycles. The molecular formula is C10H15NO5. The van der Waals surface area contributed by atoms with E-state index in [1.807, 2.05) is 0 Å². The number of hydrogen-bond acceptors (Lipinski definition) is 6. The maximum atomic E-state index is 11.2. The minimum absolute atomic E-state index is 0.0834. The molecule has 0 aliphatic heterocycles. The van der Waals surface area contributed by atoms with Gasteiger partial charge >= 0.3 is 11.9 Å². The highest BCUT2D eigenvalue weighted by Gasteiger charge is 2.16. The van der Waals surface area contributed by atoms with E-state index in [0.29, 0.717) is 0 Å². The predicted molar refractivity (Wildman–Crippen MR) is 55.4 cm³/mol. The van der Waals surface area contributed by atoms with Gasteiger partial charge in [-0.1, -0.05) is 0 Å². The average molecular weight is 229 g/mol. The Balaban J connectivity index is 4.63. The molecule has 0 aromatic rings. The van der Waals surface area contributed by atoms with Crippen LogP contribution in [-0.4, -0.2) is 38.0 Å². The first-order valence-corrected chi connectivity index (χ1v) is 4.84. The van der Waals surface area contributed by atoms with E-state index in [9.17, 15) is 14.4 Å². The summed E-state index contributed by atoms with van der Waals surface area (Å²) in [6, 6.07) is 0. The maximum Gasteiger partial charge on any atom is 0.379 e. The van der Waals surface area contributed by atoms with E-state index in [2.05, 4.69) is 14.8 Å². The predicted octanol–water partition coefficient (Wildman–Crippen LogP) is -0.215.